The van der Waals surface area contributed by atoms with E-state index >= 15 is 0 Å². The first kappa shape index (κ1) is 18.7. The smallest absolute Gasteiger partial charge is 0.243 e. The van der Waals surface area contributed by atoms with E-state index in [0.29, 0.717) is 5.75 Å². The molecule has 0 saturated heterocycles. The summed E-state index contributed by atoms with van der Waals surface area (Å²) in [6, 6.07) is 24.1. The molecule has 0 radical (unpaired) electrons. The molecule has 0 saturated carbocycles. The second-order valence-electron chi connectivity index (χ2n) is 6.54. The molecule has 3 aromatic carbocycles. The lowest BCUT2D eigenvalue weighted by Crippen LogP contribution is -2.29. The first-order chi connectivity index (χ1) is 13.6. The van der Waals surface area contributed by atoms with Crippen molar-refractivity contribution < 1.29 is 4.79 Å². The van der Waals surface area contributed by atoms with Crippen molar-refractivity contribution in [1.29, 1.82) is 0 Å². The molecule has 0 bridgehead atoms. The zero-order valence-electron chi connectivity index (χ0n) is 15.8. The number of carbonyl (C=O) groups is 1. The summed E-state index contributed by atoms with van der Waals surface area (Å²) < 4.78 is 1.08. The van der Waals surface area contributed by atoms with Crippen LogP contribution >= 0.6 is 23.1 Å². The lowest BCUT2D eigenvalue weighted by molar-refractivity contribution is -0.115. The highest BCUT2D eigenvalue weighted by Crippen LogP contribution is 2.37. The van der Waals surface area contributed by atoms with Crippen LogP contribution in [0.2, 0.25) is 0 Å². The van der Waals surface area contributed by atoms with Crippen molar-refractivity contribution in [3.8, 4) is 0 Å². The second-order valence-corrected chi connectivity index (χ2v) is 8.59. The maximum atomic E-state index is 13.4. The molecular formula is C23H20N2OS2. The molecule has 4 rings (SSSR count). The van der Waals surface area contributed by atoms with Crippen LogP contribution in [-0.4, -0.2) is 16.6 Å². The molecule has 28 heavy (non-hydrogen) atoms. The van der Waals surface area contributed by atoms with E-state index < -0.39 is 0 Å². The number of rotatable bonds is 5. The van der Waals surface area contributed by atoms with Gasteiger partial charge in [-0.25, -0.2) is 4.98 Å². The number of fused-ring (bicyclic) bond motifs is 1. The quantitative estimate of drug-likeness (QED) is 0.362. The number of amides is 1. The van der Waals surface area contributed by atoms with Gasteiger partial charge in [-0.15, -0.1) is 11.8 Å². The van der Waals surface area contributed by atoms with Gasteiger partial charge in [0.15, 0.2) is 5.13 Å². The largest absolute Gasteiger partial charge is 0.273 e. The predicted molar refractivity (Wildman–Crippen MR) is 120 cm³/mol. The fourth-order valence-corrected chi connectivity index (χ4v) is 4.93. The summed E-state index contributed by atoms with van der Waals surface area (Å²) in [6.07, 6.45) is 0. The number of anilines is 2. The molecule has 4 aromatic rings. The van der Waals surface area contributed by atoms with Crippen molar-refractivity contribution in [2.45, 2.75) is 18.7 Å². The fraction of sp³-hybridized carbons (Fsp3) is 0.130. The maximum Gasteiger partial charge on any atom is 0.243 e. The van der Waals surface area contributed by atoms with Gasteiger partial charge in [0, 0.05) is 4.90 Å². The van der Waals surface area contributed by atoms with Crippen molar-refractivity contribution in [3.63, 3.8) is 0 Å². The molecule has 0 atom stereocenters. The van der Waals surface area contributed by atoms with Crippen molar-refractivity contribution in [2.24, 2.45) is 0 Å². The molecule has 0 N–H and O–H groups in total. The molecule has 3 nitrogen and oxygen atoms in total. The SMILES string of the molecule is Cc1cccc(C)c1N(C(=O)CSc1ccccc1)c1nc2ccccc2s1. The first-order valence-electron chi connectivity index (χ1n) is 9.06. The minimum Gasteiger partial charge on any atom is -0.273 e. The van der Waals surface area contributed by atoms with Crippen LogP contribution in [0.15, 0.2) is 77.7 Å². The highest BCUT2D eigenvalue weighted by atomic mass is 32.2. The monoisotopic (exact) mass is 404 g/mol. The van der Waals surface area contributed by atoms with Crippen molar-refractivity contribution in [2.75, 3.05) is 10.7 Å². The molecule has 0 fully saturated rings. The molecule has 5 heteroatoms. The van der Waals surface area contributed by atoms with E-state index in [1.54, 1.807) is 28.0 Å². The summed E-state index contributed by atoms with van der Waals surface area (Å²) in [7, 11) is 0. The number of hydrogen-bond donors (Lipinski definition) is 0. The van der Waals surface area contributed by atoms with Crippen LogP contribution < -0.4 is 4.90 Å². The van der Waals surface area contributed by atoms with Gasteiger partial charge in [-0.05, 0) is 49.2 Å². The predicted octanol–water partition coefficient (Wildman–Crippen LogP) is 6.37. The van der Waals surface area contributed by atoms with Crippen LogP contribution in [0, 0.1) is 13.8 Å². The van der Waals surface area contributed by atoms with Crippen LogP contribution in [0.3, 0.4) is 0 Å². The first-order valence-corrected chi connectivity index (χ1v) is 10.9. The number of para-hydroxylation sites is 2. The van der Waals surface area contributed by atoms with Crippen molar-refractivity contribution in [3.05, 3.63) is 83.9 Å². The fourth-order valence-electron chi connectivity index (χ4n) is 3.17. The normalized spacial score (nSPS) is 10.9. The van der Waals surface area contributed by atoms with Gasteiger partial charge in [0.1, 0.15) is 0 Å². The molecule has 0 aliphatic carbocycles. The van der Waals surface area contributed by atoms with Gasteiger partial charge < -0.3 is 0 Å². The molecule has 0 unspecified atom stereocenters. The number of nitrogens with zero attached hydrogens (tertiary/aromatic N) is 2. The second kappa shape index (κ2) is 8.17. The number of carbonyl (C=O) groups excluding carboxylic acids is 1. The van der Waals surface area contributed by atoms with Gasteiger partial charge in [0.25, 0.3) is 0 Å². The van der Waals surface area contributed by atoms with Crippen LogP contribution in [-0.2, 0) is 4.79 Å². The lowest BCUT2D eigenvalue weighted by Gasteiger charge is -2.24. The minimum absolute atomic E-state index is 0.0327. The number of hydrogen-bond acceptors (Lipinski definition) is 4. The Balaban J connectivity index is 1.74. The van der Waals surface area contributed by atoms with Crippen molar-refractivity contribution in [1.82, 2.24) is 4.98 Å². The molecule has 1 amide bonds. The van der Waals surface area contributed by atoms with Gasteiger partial charge in [-0.3, -0.25) is 9.69 Å². The average molecular weight is 405 g/mol. The number of thiazole rings is 1. The number of thioether (sulfide) groups is 1. The summed E-state index contributed by atoms with van der Waals surface area (Å²) in [4.78, 5) is 21.0. The summed E-state index contributed by atoms with van der Waals surface area (Å²) in [5, 5.41) is 0.720. The van der Waals surface area contributed by atoms with Crippen LogP contribution in [0.5, 0.6) is 0 Å². The van der Waals surface area contributed by atoms with Crippen molar-refractivity contribution >= 4 is 50.0 Å². The number of aryl methyl sites for hydroxylation is 2. The Morgan fingerprint density at radius 3 is 2.32 bits per heavy atom. The Morgan fingerprint density at radius 1 is 0.929 bits per heavy atom. The zero-order chi connectivity index (χ0) is 19.5. The summed E-state index contributed by atoms with van der Waals surface area (Å²) in [5.41, 5.74) is 3.98. The topological polar surface area (TPSA) is 33.2 Å². The number of benzene rings is 3. The van der Waals surface area contributed by atoms with Gasteiger partial charge in [-0.2, -0.15) is 0 Å². The minimum atomic E-state index is 0.0327. The molecule has 140 valence electrons. The molecule has 0 aliphatic heterocycles. The summed E-state index contributed by atoms with van der Waals surface area (Å²) >= 11 is 3.10. The maximum absolute atomic E-state index is 13.4. The van der Waals surface area contributed by atoms with E-state index in [4.69, 9.17) is 4.98 Å². The highest BCUT2D eigenvalue weighted by Gasteiger charge is 2.24. The third-order valence-electron chi connectivity index (χ3n) is 4.49. The Kier molecular flexibility index (Phi) is 5.46. The van der Waals surface area contributed by atoms with Crippen LogP contribution in [0.4, 0.5) is 10.8 Å². The Hall–Kier alpha value is -2.63. The third-order valence-corrected chi connectivity index (χ3v) is 6.51. The van der Waals surface area contributed by atoms with Crippen LogP contribution in [0.1, 0.15) is 11.1 Å². The average Bonchev–Trinajstić information content (AvgIpc) is 3.13. The standard InChI is InChI=1S/C23H20N2OS2/c1-16-9-8-10-17(2)22(16)25(21(26)15-27-18-11-4-3-5-12-18)23-24-19-13-6-7-14-20(19)28-23/h3-14H,15H2,1-2H3. The molecule has 0 spiro atoms. The molecular weight excluding hydrogens is 384 g/mol. The van der Waals surface area contributed by atoms with Crippen LogP contribution in [0.25, 0.3) is 10.2 Å². The Bertz CT molecular complexity index is 1070. The van der Waals surface area contributed by atoms with E-state index in [2.05, 4.69) is 0 Å². The summed E-state index contributed by atoms with van der Waals surface area (Å²) in [5.74, 6) is 0.388. The van der Waals surface area contributed by atoms with Gasteiger partial charge in [0.2, 0.25) is 5.91 Å². The van der Waals surface area contributed by atoms with Gasteiger partial charge in [0.05, 0.1) is 21.7 Å². The van der Waals surface area contributed by atoms with Gasteiger partial charge >= 0.3 is 0 Å². The Labute approximate surface area is 173 Å². The molecule has 0 aliphatic rings. The van der Waals surface area contributed by atoms with E-state index in [-0.39, 0.29) is 5.91 Å². The van der Waals surface area contributed by atoms with E-state index in [0.717, 1.165) is 37.1 Å². The lowest BCUT2D eigenvalue weighted by atomic mass is 10.1. The zero-order valence-corrected chi connectivity index (χ0v) is 17.4. The molecule has 1 heterocycles. The third kappa shape index (κ3) is 3.81. The van der Waals surface area contributed by atoms with E-state index in [1.165, 1.54) is 0 Å². The Morgan fingerprint density at radius 2 is 1.61 bits per heavy atom. The summed E-state index contributed by atoms with van der Waals surface area (Å²) in [6.45, 7) is 4.08. The van der Waals surface area contributed by atoms with E-state index in [1.807, 2.05) is 86.6 Å². The highest BCUT2D eigenvalue weighted by molar-refractivity contribution is 8.00. The van der Waals surface area contributed by atoms with E-state index in [9.17, 15) is 4.79 Å². The van der Waals surface area contributed by atoms with Gasteiger partial charge in [-0.1, -0.05) is 59.9 Å². The number of aromatic nitrogens is 1. The molecule has 1 aromatic heterocycles.